The first-order valence-electron chi connectivity index (χ1n) is 7.16. The lowest BCUT2D eigenvalue weighted by molar-refractivity contribution is 0.298. The molecule has 0 bridgehead atoms. The number of hydrogen-bond acceptors (Lipinski definition) is 3. The number of ether oxygens (including phenoxy) is 2. The van der Waals surface area contributed by atoms with Gasteiger partial charge in [0.15, 0.2) is 0 Å². The van der Waals surface area contributed by atoms with E-state index >= 15 is 0 Å². The van der Waals surface area contributed by atoms with Crippen molar-refractivity contribution in [3.8, 4) is 11.5 Å². The SMILES string of the molecule is CCC(C)CC(C)NCCOc1ccc(OC)cc1. The van der Waals surface area contributed by atoms with Crippen LogP contribution in [0.15, 0.2) is 24.3 Å². The van der Waals surface area contributed by atoms with Crippen molar-refractivity contribution in [3.05, 3.63) is 24.3 Å². The molecule has 1 N–H and O–H groups in total. The molecule has 3 heteroatoms. The highest BCUT2D eigenvalue weighted by molar-refractivity contribution is 5.31. The average molecular weight is 265 g/mol. The van der Waals surface area contributed by atoms with Crippen molar-refractivity contribution in [2.24, 2.45) is 5.92 Å². The second-order valence-electron chi connectivity index (χ2n) is 5.13. The second-order valence-corrected chi connectivity index (χ2v) is 5.13. The highest BCUT2D eigenvalue weighted by Gasteiger charge is 2.06. The number of nitrogens with one attached hydrogen (secondary N) is 1. The third-order valence-electron chi connectivity index (χ3n) is 3.38. The lowest BCUT2D eigenvalue weighted by atomic mass is 10.0. The molecule has 0 aliphatic carbocycles. The predicted molar refractivity (Wildman–Crippen MR) is 80.0 cm³/mol. The van der Waals surface area contributed by atoms with Gasteiger partial charge < -0.3 is 14.8 Å². The highest BCUT2D eigenvalue weighted by Crippen LogP contribution is 2.16. The highest BCUT2D eigenvalue weighted by atomic mass is 16.5. The lowest BCUT2D eigenvalue weighted by Crippen LogP contribution is -2.31. The Bertz CT molecular complexity index is 337. The molecule has 0 saturated carbocycles. The van der Waals surface area contributed by atoms with E-state index in [4.69, 9.17) is 9.47 Å². The van der Waals surface area contributed by atoms with Gasteiger partial charge in [0, 0.05) is 12.6 Å². The molecule has 0 fully saturated rings. The Kier molecular flexibility index (Phi) is 7.34. The molecule has 2 unspecified atom stereocenters. The third-order valence-corrected chi connectivity index (χ3v) is 3.38. The molecule has 2 atom stereocenters. The van der Waals surface area contributed by atoms with Crippen molar-refractivity contribution in [1.29, 1.82) is 0 Å². The first kappa shape index (κ1) is 15.8. The van der Waals surface area contributed by atoms with Crippen LogP contribution >= 0.6 is 0 Å². The Labute approximate surface area is 117 Å². The molecule has 0 aromatic heterocycles. The van der Waals surface area contributed by atoms with Gasteiger partial charge >= 0.3 is 0 Å². The van der Waals surface area contributed by atoms with Crippen LogP contribution in [0.25, 0.3) is 0 Å². The topological polar surface area (TPSA) is 30.5 Å². The minimum Gasteiger partial charge on any atom is -0.497 e. The van der Waals surface area contributed by atoms with Crippen LogP contribution in [0, 0.1) is 5.92 Å². The van der Waals surface area contributed by atoms with Gasteiger partial charge in [0.25, 0.3) is 0 Å². The molecule has 0 aliphatic rings. The zero-order chi connectivity index (χ0) is 14.1. The maximum atomic E-state index is 5.67. The number of hydrogen-bond donors (Lipinski definition) is 1. The summed E-state index contributed by atoms with van der Waals surface area (Å²) in [6.07, 6.45) is 2.47. The summed E-state index contributed by atoms with van der Waals surface area (Å²) in [4.78, 5) is 0. The van der Waals surface area contributed by atoms with Crippen LogP contribution in [0.5, 0.6) is 11.5 Å². The molecule has 108 valence electrons. The average Bonchev–Trinajstić information content (AvgIpc) is 2.44. The summed E-state index contributed by atoms with van der Waals surface area (Å²) < 4.78 is 10.8. The molecular formula is C16H27NO2. The molecule has 0 spiro atoms. The van der Waals surface area contributed by atoms with Gasteiger partial charge in [-0.1, -0.05) is 20.3 Å². The second kappa shape index (κ2) is 8.81. The van der Waals surface area contributed by atoms with E-state index in [-0.39, 0.29) is 0 Å². The minimum absolute atomic E-state index is 0.550. The monoisotopic (exact) mass is 265 g/mol. The van der Waals surface area contributed by atoms with Crippen LogP contribution in [0.1, 0.15) is 33.6 Å². The summed E-state index contributed by atoms with van der Waals surface area (Å²) in [7, 11) is 1.67. The Hall–Kier alpha value is -1.22. The summed E-state index contributed by atoms with van der Waals surface area (Å²) in [6.45, 7) is 8.34. The van der Waals surface area contributed by atoms with Crippen molar-refractivity contribution in [1.82, 2.24) is 5.32 Å². The third kappa shape index (κ3) is 6.48. The molecule has 0 amide bonds. The predicted octanol–water partition coefficient (Wildman–Crippen LogP) is 3.49. The van der Waals surface area contributed by atoms with Gasteiger partial charge in [-0.2, -0.15) is 0 Å². The van der Waals surface area contributed by atoms with Gasteiger partial charge in [0.2, 0.25) is 0 Å². The van der Waals surface area contributed by atoms with Crippen LogP contribution in [-0.4, -0.2) is 26.3 Å². The van der Waals surface area contributed by atoms with Gasteiger partial charge in [0.1, 0.15) is 18.1 Å². The molecule has 19 heavy (non-hydrogen) atoms. The van der Waals surface area contributed by atoms with E-state index in [0.717, 1.165) is 24.0 Å². The summed E-state index contributed by atoms with van der Waals surface area (Å²) in [5.74, 6) is 2.52. The van der Waals surface area contributed by atoms with E-state index in [1.165, 1.54) is 12.8 Å². The van der Waals surface area contributed by atoms with E-state index in [0.29, 0.717) is 12.6 Å². The standard InChI is InChI=1S/C16H27NO2/c1-5-13(2)12-14(3)17-10-11-19-16-8-6-15(18-4)7-9-16/h6-9,13-14,17H,5,10-12H2,1-4H3. The van der Waals surface area contributed by atoms with Gasteiger partial charge in [-0.05, 0) is 43.5 Å². The van der Waals surface area contributed by atoms with Gasteiger partial charge in [0.05, 0.1) is 7.11 Å². The van der Waals surface area contributed by atoms with Crippen molar-refractivity contribution in [2.45, 2.75) is 39.7 Å². The maximum Gasteiger partial charge on any atom is 0.119 e. The molecule has 0 saturated heterocycles. The summed E-state index contributed by atoms with van der Waals surface area (Å²) in [5.41, 5.74) is 0. The number of methoxy groups -OCH3 is 1. The van der Waals surface area contributed by atoms with E-state index in [9.17, 15) is 0 Å². The van der Waals surface area contributed by atoms with Crippen molar-refractivity contribution in [2.75, 3.05) is 20.3 Å². The Morgan fingerprint density at radius 1 is 1.11 bits per heavy atom. The summed E-state index contributed by atoms with van der Waals surface area (Å²) in [6, 6.07) is 8.24. The summed E-state index contributed by atoms with van der Waals surface area (Å²) in [5, 5.41) is 3.49. The van der Waals surface area contributed by atoms with E-state index in [1.54, 1.807) is 7.11 Å². The fraction of sp³-hybridized carbons (Fsp3) is 0.625. The zero-order valence-corrected chi connectivity index (χ0v) is 12.6. The van der Waals surface area contributed by atoms with E-state index in [2.05, 4.69) is 26.1 Å². The first-order chi connectivity index (χ1) is 9.15. The lowest BCUT2D eigenvalue weighted by Gasteiger charge is -2.17. The molecule has 0 aliphatic heterocycles. The minimum atomic E-state index is 0.550. The first-order valence-corrected chi connectivity index (χ1v) is 7.16. The molecular weight excluding hydrogens is 238 g/mol. The van der Waals surface area contributed by atoms with Crippen molar-refractivity contribution >= 4 is 0 Å². The van der Waals surface area contributed by atoms with Crippen LogP contribution < -0.4 is 14.8 Å². The maximum absolute atomic E-state index is 5.67. The fourth-order valence-electron chi connectivity index (χ4n) is 2.00. The Morgan fingerprint density at radius 2 is 1.74 bits per heavy atom. The summed E-state index contributed by atoms with van der Waals surface area (Å²) >= 11 is 0. The van der Waals surface area contributed by atoms with Gasteiger partial charge in [-0.25, -0.2) is 0 Å². The van der Waals surface area contributed by atoms with Crippen LogP contribution in [-0.2, 0) is 0 Å². The van der Waals surface area contributed by atoms with Gasteiger partial charge in [-0.15, -0.1) is 0 Å². The smallest absolute Gasteiger partial charge is 0.119 e. The van der Waals surface area contributed by atoms with Gasteiger partial charge in [-0.3, -0.25) is 0 Å². The van der Waals surface area contributed by atoms with Crippen molar-refractivity contribution in [3.63, 3.8) is 0 Å². The normalized spacial score (nSPS) is 13.9. The van der Waals surface area contributed by atoms with Crippen LogP contribution in [0.3, 0.4) is 0 Å². The van der Waals surface area contributed by atoms with E-state index in [1.807, 2.05) is 24.3 Å². The largest absolute Gasteiger partial charge is 0.497 e. The molecule has 3 nitrogen and oxygen atoms in total. The molecule has 1 aromatic rings. The molecule has 0 heterocycles. The van der Waals surface area contributed by atoms with Crippen molar-refractivity contribution < 1.29 is 9.47 Å². The zero-order valence-electron chi connectivity index (χ0n) is 12.6. The Balaban J connectivity index is 2.16. The van der Waals surface area contributed by atoms with Crippen LogP contribution in [0.2, 0.25) is 0 Å². The molecule has 1 rings (SSSR count). The molecule has 1 aromatic carbocycles. The molecule has 0 radical (unpaired) electrons. The van der Waals surface area contributed by atoms with Crippen LogP contribution in [0.4, 0.5) is 0 Å². The Morgan fingerprint density at radius 3 is 2.32 bits per heavy atom. The number of benzene rings is 1. The number of rotatable bonds is 9. The quantitative estimate of drug-likeness (QED) is 0.693. The van der Waals surface area contributed by atoms with E-state index < -0.39 is 0 Å². The fourth-order valence-corrected chi connectivity index (χ4v) is 2.00.